The number of likely N-dealkylation sites (tertiary alicyclic amines) is 1. The van der Waals surface area contributed by atoms with Crippen LogP contribution in [0.3, 0.4) is 0 Å². The summed E-state index contributed by atoms with van der Waals surface area (Å²) >= 11 is 0. The second-order valence-electron chi connectivity index (χ2n) is 4.00. The molecule has 0 aromatic carbocycles. The van der Waals surface area contributed by atoms with Crippen molar-refractivity contribution >= 4 is 5.88 Å². The van der Waals surface area contributed by atoms with Crippen LogP contribution in [-0.4, -0.2) is 34.1 Å². The first-order chi connectivity index (χ1) is 7.65. The zero-order chi connectivity index (χ0) is 11.5. The molecule has 6 nitrogen and oxygen atoms in total. The lowest BCUT2D eigenvalue weighted by Crippen LogP contribution is -2.35. The summed E-state index contributed by atoms with van der Waals surface area (Å²) in [4.78, 5) is 12.0. The Morgan fingerprint density at radius 3 is 2.75 bits per heavy atom. The third-order valence-corrected chi connectivity index (χ3v) is 2.76. The van der Waals surface area contributed by atoms with Crippen LogP contribution in [0.2, 0.25) is 0 Å². The van der Waals surface area contributed by atoms with E-state index in [2.05, 4.69) is 4.90 Å². The van der Waals surface area contributed by atoms with Crippen molar-refractivity contribution in [1.82, 2.24) is 4.90 Å². The Morgan fingerprint density at radius 2 is 2.19 bits per heavy atom. The maximum atomic E-state index is 10.4. The van der Waals surface area contributed by atoms with E-state index in [4.69, 9.17) is 4.42 Å². The normalized spacial score (nSPS) is 18.8. The fourth-order valence-corrected chi connectivity index (χ4v) is 1.85. The molecule has 0 amide bonds. The standard InChI is InChI=1S/C10H14N2O4/c13-8-3-5-11(6-4-8)7-9-1-2-10(16-9)12(14)15/h1-2,8,13H,3-7H2. The molecule has 0 saturated carbocycles. The van der Waals surface area contributed by atoms with Crippen LogP contribution in [0.25, 0.3) is 0 Å². The number of piperidine rings is 1. The highest BCUT2D eigenvalue weighted by Gasteiger charge is 2.19. The fourth-order valence-electron chi connectivity index (χ4n) is 1.85. The topological polar surface area (TPSA) is 79.8 Å². The summed E-state index contributed by atoms with van der Waals surface area (Å²) in [7, 11) is 0. The number of aliphatic hydroxyl groups is 1. The highest BCUT2D eigenvalue weighted by molar-refractivity contribution is 5.17. The minimum Gasteiger partial charge on any atom is -0.404 e. The summed E-state index contributed by atoms with van der Waals surface area (Å²) in [6.07, 6.45) is 1.30. The van der Waals surface area contributed by atoms with Crippen LogP contribution in [0, 0.1) is 10.1 Å². The third-order valence-electron chi connectivity index (χ3n) is 2.76. The van der Waals surface area contributed by atoms with Gasteiger partial charge in [-0.25, -0.2) is 0 Å². The summed E-state index contributed by atoms with van der Waals surface area (Å²) in [6.45, 7) is 2.17. The van der Waals surface area contributed by atoms with Gasteiger partial charge in [0.25, 0.3) is 0 Å². The van der Waals surface area contributed by atoms with Gasteiger partial charge in [-0.05, 0) is 18.9 Å². The number of rotatable bonds is 3. The molecule has 2 rings (SSSR count). The van der Waals surface area contributed by atoms with E-state index >= 15 is 0 Å². The van der Waals surface area contributed by atoms with Gasteiger partial charge in [0, 0.05) is 13.1 Å². The molecule has 0 unspecified atom stereocenters. The molecule has 0 spiro atoms. The van der Waals surface area contributed by atoms with Gasteiger partial charge in [0.1, 0.15) is 10.7 Å². The van der Waals surface area contributed by atoms with Gasteiger partial charge in [-0.2, -0.15) is 0 Å². The average molecular weight is 226 g/mol. The zero-order valence-corrected chi connectivity index (χ0v) is 8.83. The third kappa shape index (κ3) is 2.59. The molecule has 0 aliphatic carbocycles. The molecule has 0 radical (unpaired) electrons. The lowest BCUT2D eigenvalue weighted by atomic mass is 10.1. The van der Waals surface area contributed by atoms with E-state index in [0.29, 0.717) is 12.3 Å². The van der Waals surface area contributed by atoms with Crippen LogP contribution in [0.4, 0.5) is 5.88 Å². The number of nitro groups is 1. The van der Waals surface area contributed by atoms with E-state index in [9.17, 15) is 15.2 Å². The van der Waals surface area contributed by atoms with Crippen LogP contribution >= 0.6 is 0 Å². The Hall–Kier alpha value is -1.40. The Labute approximate surface area is 92.6 Å². The molecule has 1 aromatic heterocycles. The summed E-state index contributed by atoms with van der Waals surface area (Å²) < 4.78 is 5.07. The van der Waals surface area contributed by atoms with Crippen molar-refractivity contribution < 1.29 is 14.4 Å². The van der Waals surface area contributed by atoms with E-state index in [1.807, 2.05) is 0 Å². The molecule has 1 aliphatic rings. The van der Waals surface area contributed by atoms with Crippen molar-refractivity contribution in [1.29, 1.82) is 0 Å². The summed E-state index contributed by atoms with van der Waals surface area (Å²) in [5.41, 5.74) is 0. The van der Waals surface area contributed by atoms with Crippen LogP contribution in [-0.2, 0) is 6.54 Å². The Balaban J connectivity index is 1.91. The number of aliphatic hydroxyl groups excluding tert-OH is 1. The van der Waals surface area contributed by atoms with Gasteiger partial charge in [0.2, 0.25) is 0 Å². The number of hydrogen-bond donors (Lipinski definition) is 1. The average Bonchev–Trinajstić information content (AvgIpc) is 2.70. The highest BCUT2D eigenvalue weighted by atomic mass is 16.6. The molecule has 1 N–H and O–H groups in total. The molecule has 1 aromatic rings. The monoisotopic (exact) mass is 226 g/mol. The van der Waals surface area contributed by atoms with E-state index in [-0.39, 0.29) is 12.0 Å². The minimum absolute atomic E-state index is 0.206. The van der Waals surface area contributed by atoms with Gasteiger partial charge >= 0.3 is 5.88 Å². The van der Waals surface area contributed by atoms with Crippen molar-refractivity contribution in [3.05, 3.63) is 28.0 Å². The molecule has 1 aliphatic heterocycles. The summed E-state index contributed by atoms with van der Waals surface area (Å²) in [6, 6.07) is 3.00. The first kappa shape index (κ1) is 11.1. The lowest BCUT2D eigenvalue weighted by Gasteiger charge is -2.28. The Kier molecular flexibility index (Phi) is 3.21. The van der Waals surface area contributed by atoms with E-state index in [0.717, 1.165) is 25.9 Å². The van der Waals surface area contributed by atoms with Crippen molar-refractivity contribution in [2.75, 3.05) is 13.1 Å². The van der Waals surface area contributed by atoms with Gasteiger partial charge in [-0.3, -0.25) is 15.0 Å². The smallest absolute Gasteiger partial charge is 0.404 e. The predicted octanol–water partition coefficient (Wildman–Crippen LogP) is 1.14. The molecule has 1 saturated heterocycles. The molecular weight excluding hydrogens is 212 g/mol. The molecular formula is C10H14N2O4. The summed E-state index contributed by atoms with van der Waals surface area (Å²) in [5, 5.41) is 19.7. The number of nitrogens with zero attached hydrogens (tertiary/aromatic N) is 2. The van der Waals surface area contributed by atoms with Crippen molar-refractivity contribution in [3.63, 3.8) is 0 Å². The first-order valence-corrected chi connectivity index (χ1v) is 5.28. The van der Waals surface area contributed by atoms with Gasteiger partial charge < -0.3 is 9.52 Å². The van der Waals surface area contributed by atoms with E-state index < -0.39 is 4.92 Å². The van der Waals surface area contributed by atoms with Crippen LogP contribution < -0.4 is 0 Å². The van der Waals surface area contributed by atoms with Gasteiger partial charge in [0.15, 0.2) is 0 Å². The molecule has 88 valence electrons. The van der Waals surface area contributed by atoms with Crippen molar-refractivity contribution in [3.8, 4) is 0 Å². The minimum atomic E-state index is -0.538. The van der Waals surface area contributed by atoms with E-state index in [1.54, 1.807) is 6.07 Å². The van der Waals surface area contributed by atoms with Gasteiger partial charge in [-0.15, -0.1) is 0 Å². The largest absolute Gasteiger partial charge is 0.433 e. The number of hydrogen-bond acceptors (Lipinski definition) is 5. The van der Waals surface area contributed by atoms with Crippen molar-refractivity contribution in [2.24, 2.45) is 0 Å². The Bertz CT molecular complexity index is 369. The van der Waals surface area contributed by atoms with Crippen LogP contribution in [0.5, 0.6) is 0 Å². The SMILES string of the molecule is O=[N+]([O-])c1ccc(CN2CCC(O)CC2)o1. The molecule has 0 atom stereocenters. The molecule has 1 fully saturated rings. The van der Waals surface area contributed by atoms with Crippen LogP contribution in [0.1, 0.15) is 18.6 Å². The molecule has 6 heteroatoms. The van der Waals surface area contributed by atoms with Crippen LogP contribution in [0.15, 0.2) is 16.5 Å². The molecule has 0 bridgehead atoms. The summed E-state index contributed by atoms with van der Waals surface area (Å²) in [5.74, 6) is 0.384. The quantitative estimate of drug-likeness (QED) is 0.617. The second-order valence-corrected chi connectivity index (χ2v) is 4.00. The van der Waals surface area contributed by atoms with E-state index in [1.165, 1.54) is 6.07 Å². The fraction of sp³-hybridized carbons (Fsp3) is 0.600. The first-order valence-electron chi connectivity index (χ1n) is 5.28. The predicted molar refractivity (Wildman–Crippen MR) is 55.9 cm³/mol. The molecule has 2 heterocycles. The van der Waals surface area contributed by atoms with Gasteiger partial charge in [0.05, 0.1) is 18.7 Å². The van der Waals surface area contributed by atoms with Gasteiger partial charge in [-0.1, -0.05) is 0 Å². The molecule has 16 heavy (non-hydrogen) atoms. The Morgan fingerprint density at radius 1 is 1.50 bits per heavy atom. The maximum absolute atomic E-state index is 10.4. The lowest BCUT2D eigenvalue weighted by molar-refractivity contribution is -0.402. The maximum Gasteiger partial charge on any atom is 0.433 e. The highest BCUT2D eigenvalue weighted by Crippen LogP contribution is 2.19. The van der Waals surface area contributed by atoms with Crippen molar-refractivity contribution in [2.45, 2.75) is 25.5 Å². The number of furan rings is 1. The zero-order valence-electron chi connectivity index (χ0n) is 8.83. The second kappa shape index (κ2) is 4.63.